The van der Waals surface area contributed by atoms with Gasteiger partial charge in [-0.25, -0.2) is 0 Å². The van der Waals surface area contributed by atoms with E-state index >= 15 is 0 Å². The molecule has 29 heavy (non-hydrogen) atoms. The van der Waals surface area contributed by atoms with Gasteiger partial charge in [0.25, 0.3) is 5.91 Å². The van der Waals surface area contributed by atoms with Gasteiger partial charge in [-0.2, -0.15) is 10.1 Å². The summed E-state index contributed by atoms with van der Waals surface area (Å²) in [6.07, 6.45) is 5.39. The normalized spacial score (nSPS) is 16.9. The second-order valence-electron chi connectivity index (χ2n) is 6.09. The fourth-order valence-corrected chi connectivity index (χ4v) is 4.34. The Hall–Kier alpha value is -2.35. The van der Waals surface area contributed by atoms with Gasteiger partial charge < -0.3 is 4.74 Å². The maximum absolute atomic E-state index is 13.3. The molecule has 1 amide bonds. The summed E-state index contributed by atoms with van der Waals surface area (Å²) in [5.41, 5.74) is 2.41. The molecular formula is C21H19ClN2O3S2. The Morgan fingerprint density at radius 3 is 2.76 bits per heavy atom. The van der Waals surface area contributed by atoms with Gasteiger partial charge in [-0.3, -0.25) is 9.59 Å². The van der Waals surface area contributed by atoms with Crippen LogP contribution in [0.2, 0.25) is 5.02 Å². The summed E-state index contributed by atoms with van der Waals surface area (Å²) in [6.45, 7) is 1.80. The van der Waals surface area contributed by atoms with Crippen molar-refractivity contribution in [2.45, 2.75) is 12.2 Å². The van der Waals surface area contributed by atoms with Crippen LogP contribution < -0.4 is 5.01 Å². The molecule has 3 rings (SSSR count). The Bertz CT molecular complexity index is 1010. The first-order valence-electron chi connectivity index (χ1n) is 8.68. The molecule has 0 radical (unpaired) electrons. The minimum absolute atomic E-state index is 0.239. The van der Waals surface area contributed by atoms with Crippen molar-refractivity contribution in [3.05, 3.63) is 69.4 Å². The van der Waals surface area contributed by atoms with E-state index in [0.29, 0.717) is 22.0 Å². The smallest absolute Gasteiger partial charge is 0.322 e. The van der Waals surface area contributed by atoms with Gasteiger partial charge in [0.15, 0.2) is 0 Å². The van der Waals surface area contributed by atoms with Gasteiger partial charge in [-0.05, 0) is 42.8 Å². The zero-order valence-corrected chi connectivity index (χ0v) is 18.5. The van der Waals surface area contributed by atoms with Crippen molar-refractivity contribution in [3.8, 4) is 0 Å². The van der Waals surface area contributed by atoms with Gasteiger partial charge in [0, 0.05) is 15.5 Å². The van der Waals surface area contributed by atoms with E-state index in [4.69, 9.17) is 16.3 Å². The topological polar surface area (TPSA) is 59.0 Å². The molecule has 0 aliphatic carbocycles. The molecule has 1 aliphatic rings. The van der Waals surface area contributed by atoms with Crippen LogP contribution in [0.5, 0.6) is 0 Å². The van der Waals surface area contributed by atoms with E-state index in [9.17, 15) is 9.59 Å². The van der Waals surface area contributed by atoms with Crippen LogP contribution in [0.1, 0.15) is 11.8 Å². The van der Waals surface area contributed by atoms with Crippen LogP contribution in [-0.4, -0.2) is 36.2 Å². The number of thioether (sulfide) groups is 1. The number of hydrogen-bond acceptors (Lipinski definition) is 6. The minimum Gasteiger partial charge on any atom is -0.468 e. The maximum Gasteiger partial charge on any atom is 0.322 e. The molecule has 0 spiro atoms. The Morgan fingerprint density at radius 2 is 2.14 bits per heavy atom. The average molecular weight is 447 g/mol. The molecule has 5 nitrogen and oxygen atoms in total. The molecule has 150 valence electrons. The average Bonchev–Trinajstić information content (AvgIpc) is 3.34. The fourth-order valence-electron chi connectivity index (χ4n) is 2.87. The third-order valence-corrected chi connectivity index (χ3v) is 6.25. The SMILES string of the molecule is COC(=O)C(/C=C/C(=C1\C(=O)N(c2cccc(Cl)c2)N=C1C)c1cccs1)SC. The van der Waals surface area contributed by atoms with E-state index in [-0.39, 0.29) is 11.9 Å². The number of esters is 1. The van der Waals surface area contributed by atoms with Crippen molar-refractivity contribution < 1.29 is 14.3 Å². The molecule has 0 N–H and O–H groups in total. The van der Waals surface area contributed by atoms with Crippen LogP contribution in [0.25, 0.3) is 5.57 Å². The summed E-state index contributed by atoms with van der Waals surface area (Å²) < 4.78 is 4.84. The van der Waals surface area contributed by atoms with Crippen molar-refractivity contribution >= 4 is 63.5 Å². The summed E-state index contributed by atoms with van der Waals surface area (Å²) in [4.78, 5) is 26.1. The molecule has 1 unspecified atom stereocenters. The van der Waals surface area contributed by atoms with E-state index in [2.05, 4.69) is 5.10 Å². The van der Waals surface area contributed by atoms with Crippen molar-refractivity contribution in [1.29, 1.82) is 0 Å². The highest BCUT2D eigenvalue weighted by Crippen LogP contribution is 2.33. The number of halogens is 1. The molecule has 1 aromatic heterocycles. The third kappa shape index (κ3) is 4.63. The standard InChI is InChI=1S/C21H19ClN2O3S2/c1-13-19(20(25)24(23-13)15-7-4-6-14(22)12-15)16(17-8-5-11-29-17)9-10-18(28-3)21(26)27-2/h4-12,18H,1-3H3/b10-9+,19-16+. The molecule has 8 heteroatoms. The van der Waals surface area contributed by atoms with Gasteiger partial charge >= 0.3 is 5.97 Å². The number of rotatable bonds is 6. The van der Waals surface area contributed by atoms with Gasteiger partial charge in [0.2, 0.25) is 0 Å². The number of methoxy groups -OCH3 is 1. The number of carbonyl (C=O) groups excluding carboxylic acids is 2. The molecular weight excluding hydrogens is 428 g/mol. The van der Waals surface area contributed by atoms with Gasteiger partial charge in [-0.15, -0.1) is 23.1 Å². The van der Waals surface area contributed by atoms with E-state index < -0.39 is 5.25 Å². The van der Waals surface area contributed by atoms with Crippen LogP contribution in [-0.2, 0) is 14.3 Å². The summed E-state index contributed by atoms with van der Waals surface area (Å²) in [7, 11) is 1.36. The number of ether oxygens (including phenoxy) is 1. The number of benzene rings is 1. The number of allylic oxidation sites excluding steroid dienone is 2. The first-order chi connectivity index (χ1) is 14.0. The first kappa shape index (κ1) is 21.4. The lowest BCUT2D eigenvalue weighted by molar-refractivity contribution is -0.139. The van der Waals surface area contributed by atoms with E-state index in [1.807, 2.05) is 23.8 Å². The zero-order valence-electron chi connectivity index (χ0n) is 16.1. The molecule has 0 bridgehead atoms. The number of thiophene rings is 1. The Morgan fingerprint density at radius 1 is 1.34 bits per heavy atom. The quantitative estimate of drug-likeness (QED) is 0.460. The predicted molar refractivity (Wildman–Crippen MR) is 122 cm³/mol. The molecule has 0 saturated carbocycles. The lowest BCUT2D eigenvalue weighted by Gasteiger charge is -2.13. The van der Waals surface area contributed by atoms with Crippen molar-refractivity contribution in [2.75, 3.05) is 18.4 Å². The Labute approximate surface area is 182 Å². The number of hydrogen-bond donors (Lipinski definition) is 0. The van der Waals surface area contributed by atoms with E-state index in [0.717, 1.165) is 10.5 Å². The van der Waals surface area contributed by atoms with Gasteiger partial charge in [0.05, 0.1) is 24.1 Å². The van der Waals surface area contributed by atoms with Crippen molar-refractivity contribution in [3.63, 3.8) is 0 Å². The Kier molecular flexibility index (Phi) is 6.95. The van der Waals surface area contributed by atoms with Crippen LogP contribution in [0, 0.1) is 0 Å². The maximum atomic E-state index is 13.3. The van der Waals surface area contributed by atoms with Crippen LogP contribution in [0.4, 0.5) is 5.69 Å². The minimum atomic E-state index is -0.464. The largest absolute Gasteiger partial charge is 0.468 e. The molecule has 0 saturated heterocycles. The second kappa shape index (κ2) is 9.43. The molecule has 2 aromatic rings. The van der Waals surface area contributed by atoms with Gasteiger partial charge in [-0.1, -0.05) is 35.9 Å². The number of carbonyl (C=O) groups is 2. The molecule has 2 heterocycles. The lowest BCUT2D eigenvalue weighted by Crippen LogP contribution is -2.22. The summed E-state index contributed by atoms with van der Waals surface area (Å²) >= 11 is 8.96. The number of amides is 1. The van der Waals surface area contributed by atoms with Crippen LogP contribution >= 0.6 is 34.7 Å². The van der Waals surface area contributed by atoms with E-state index in [1.165, 1.54) is 35.2 Å². The van der Waals surface area contributed by atoms with Crippen LogP contribution in [0.15, 0.2) is 64.6 Å². The van der Waals surface area contributed by atoms with Crippen LogP contribution in [0.3, 0.4) is 0 Å². The monoisotopic (exact) mass is 446 g/mol. The number of hydrazone groups is 1. The highest BCUT2D eigenvalue weighted by Gasteiger charge is 2.32. The summed E-state index contributed by atoms with van der Waals surface area (Å²) in [6, 6.07) is 10.9. The Balaban J connectivity index is 2.06. The van der Waals surface area contributed by atoms with Gasteiger partial charge in [0.1, 0.15) is 5.25 Å². The molecule has 0 fully saturated rings. The third-order valence-electron chi connectivity index (χ3n) is 4.25. The summed E-state index contributed by atoms with van der Waals surface area (Å²) in [5, 5.41) is 7.81. The highest BCUT2D eigenvalue weighted by atomic mass is 35.5. The van der Waals surface area contributed by atoms with E-state index in [1.54, 1.807) is 43.3 Å². The lowest BCUT2D eigenvalue weighted by atomic mass is 10.0. The first-order valence-corrected chi connectivity index (χ1v) is 11.2. The molecule has 1 atom stereocenters. The summed E-state index contributed by atoms with van der Waals surface area (Å²) in [5.74, 6) is -0.579. The predicted octanol–water partition coefficient (Wildman–Crippen LogP) is 5.04. The fraction of sp³-hybridized carbons (Fsp3) is 0.190. The number of anilines is 1. The molecule has 1 aliphatic heterocycles. The zero-order chi connectivity index (χ0) is 21.0. The van der Waals surface area contributed by atoms with Crippen molar-refractivity contribution in [1.82, 2.24) is 0 Å². The second-order valence-corrected chi connectivity index (χ2v) is 8.45. The highest BCUT2D eigenvalue weighted by molar-refractivity contribution is 8.00. The number of nitrogens with zero attached hydrogens (tertiary/aromatic N) is 2. The molecule has 1 aromatic carbocycles. The van der Waals surface area contributed by atoms with Crippen molar-refractivity contribution in [2.24, 2.45) is 5.10 Å².